The van der Waals surface area contributed by atoms with E-state index in [4.69, 9.17) is 11.0 Å². The summed E-state index contributed by atoms with van der Waals surface area (Å²) in [4.78, 5) is 4.09. The van der Waals surface area contributed by atoms with Crippen molar-refractivity contribution in [2.45, 2.75) is 18.2 Å². The highest BCUT2D eigenvalue weighted by Gasteiger charge is 2.16. The van der Waals surface area contributed by atoms with Crippen molar-refractivity contribution in [3.63, 3.8) is 0 Å². The number of aromatic nitrogens is 1. The highest BCUT2D eigenvalue weighted by Crippen LogP contribution is 2.19. The molecular weight excluding hydrogens is 236 g/mol. The van der Waals surface area contributed by atoms with Gasteiger partial charge >= 0.3 is 0 Å². The van der Waals surface area contributed by atoms with E-state index in [1.54, 1.807) is 17.8 Å². The Labute approximate surface area is 105 Å². The van der Waals surface area contributed by atoms with E-state index in [-0.39, 0.29) is 17.9 Å². The second kappa shape index (κ2) is 6.33. The maximum absolute atomic E-state index is 9.18. The van der Waals surface area contributed by atoms with Crippen LogP contribution in [0.5, 0.6) is 0 Å². The van der Waals surface area contributed by atoms with E-state index in [0.29, 0.717) is 17.1 Å². The van der Waals surface area contributed by atoms with Gasteiger partial charge in [-0.1, -0.05) is 0 Å². The summed E-state index contributed by atoms with van der Waals surface area (Å²) in [6.45, 7) is 2.02. The van der Waals surface area contributed by atoms with Gasteiger partial charge in [-0.25, -0.2) is 4.98 Å². The number of anilines is 2. The van der Waals surface area contributed by atoms with Crippen LogP contribution < -0.4 is 11.1 Å². The van der Waals surface area contributed by atoms with Gasteiger partial charge in [-0.3, -0.25) is 0 Å². The summed E-state index contributed by atoms with van der Waals surface area (Å²) in [5, 5.41) is 21.3. The fourth-order valence-electron chi connectivity index (χ4n) is 1.43. The lowest BCUT2D eigenvalue weighted by Crippen LogP contribution is -2.31. The quantitative estimate of drug-likeness (QED) is 0.725. The summed E-state index contributed by atoms with van der Waals surface area (Å²) < 4.78 is 0. The largest absolute Gasteiger partial charge is 0.397 e. The number of hydrogen-bond donors (Lipinski definition) is 3. The molecule has 2 unspecified atom stereocenters. The fourth-order valence-corrected chi connectivity index (χ4v) is 2.05. The molecule has 1 heterocycles. The van der Waals surface area contributed by atoms with E-state index in [9.17, 15) is 5.11 Å². The van der Waals surface area contributed by atoms with Crippen molar-refractivity contribution in [1.82, 2.24) is 4.98 Å². The third-order valence-corrected chi connectivity index (χ3v) is 3.60. The summed E-state index contributed by atoms with van der Waals surface area (Å²) in [6, 6.07) is 3.63. The molecule has 17 heavy (non-hydrogen) atoms. The van der Waals surface area contributed by atoms with Crippen molar-refractivity contribution >= 4 is 23.3 Å². The molecular formula is C11H16N4OS. The Morgan fingerprint density at radius 2 is 2.41 bits per heavy atom. The van der Waals surface area contributed by atoms with Crippen LogP contribution in [0.1, 0.15) is 12.5 Å². The molecule has 0 fully saturated rings. The number of nitrogens with two attached hydrogens (primary N) is 1. The molecule has 0 saturated heterocycles. The van der Waals surface area contributed by atoms with Crippen LogP contribution in [0, 0.1) is 11.3 Å². The Bertz CT molecular complexity index is 414. The second-order valence-corrected chi connectivity index (χ2v) is 4.74. The highest BCUT2D eigenvalue weighted by atomic mass is 32.2. The third kappa shape index (κ3) is 3.51. The van der Waals surface area contributed by atoms with Crippen molar-refractivity contribution in [3.05, 3.63) is 17.8 Å². The normalized spacial score (nSPS) is 13.8. The van der Waals surface area contributed by atoms with Crippen molar-refractivity contribution in [1.29, 1.82) is 5.26 Å². The van der Waals surface area contributed by atoms with Crippen LogP contribution in [0.25, 0.3) is 0 Å². The molecule has 0 amide bonds. The fraction of sp³-hybridized carbons (Fsp3) is 0.455. The van der Waals surface area contributed by atoms with E-state index < -0.39 is 0 Å². The third-order valence-electron chi connectivity index (χ3n) is 2.43. The van der Waals surface area contributed by atoms with Gasteiger partial charge in [0.25, 0.3) is 0 Å². The van der Waals surface area contributed by atoms with E-state index in [1.165, 1.54) is 6.20 Å². The number of thioether (sulfide) groups is 1. The number of aliphatic hydroxyl groups excluding tert-OH is 1. The van der Waals surface area contributed by atoms with Crippen molar-refractivity contribution in [2.75, 3.05) is 23.9 Å². The van der Waals surface area contributed by atoms with Gasteiger partial charge in [0, 0.05) is 11.3 Å². The van der Waals surface area contributed by atoms with Crippen LogP contribution in [0.15, 0.2) is 12.3 Å². The molecule has 0 bridgehead atoms. The van der Waals surface area contributed by atoms with E-state index >= 15 is 0 Å². The molecule has 92 valence electrons. The van der Waals surface area contributed by atoms with Crippen LogP contribution in [0.2, 0.25) is 0 Å². The molecule has 4 N–H and O–H groups in total. The van der Waals surface area contributed by atoms with Gasteiger partial charge in [0.05, 0.1) is 24.1 Å². The first-order chi connectivity index (χ1) is 8.12. The number of nitriles is 1. The molecule has 1 aromatic rings. The summed E-state index contributed by atoms with van der Waals surface area (Å²) in [6.07, 6.45) is 3.43. The smallest absolute Gasteiger partial charge is 0.144 e. The van der Waals surface area contributed by atoms with Gasteiger partial charge in [0.1, 0.15) is 11.9 Å². The van der Waals surface area contributed by atoms with Crippen molar-refractivity contribution in [2.24, 2.45) is 0 Å². The molecule has 6 heteroatoms. The topological polar surface area (TPSA) is 95.0 Å². The minimum Gasteiger partial charge on any atom is -0.397 e. The molecule has 0 saturated carbocycles. The molecule has 0 aliphatic carbocycles. The van der Waals surface area contributed by atoms with Crippen molar-refractivity contribution in [3.8, 4) is 6.07 Å². The predicted octanol–water partition coefficient (Wildman–Crippen LogP) is 1.06. The van der Waals surface area contributed by atoms with Gasteiger partial charge in [0.15, 0.2) is 0 Å². The van der Waals surface area contributed by atoms with E-state index in [0.717, 1.165) is 0 Å². The minimum atomic E-state index is 0.0122. The first-order valence-corrected chi connectivity index (χ1v) is 6.47. The van der Waals surface area contributed by atoms with E-state index in [1.807, 2.05) is 19.2 Å². The Morgan fingerprint density at radius 1 is 1.71 bits per heavy atom. The zero-order valence-corrected chi connectivity index (χ0v) is 10.7. The maximum atomic E-state index is 9.18. The first kappa shape index (κ1) is 13.6. The Morgan fingerprint density at radius 3 is 2.94 bits per heavy atom. The lowest BCUT2D eigenvalue weighted by molar-refractivity contribution is 0.288. The lowest BCUT2D eigenvalue weighted by atomic mass is 10.2. The number of nitrogens with zero attached hydrogens (tertiary/aromatic N) is 2. The van der Waals surface area contributed by atoms with Crippen LogP contribution >= 0.6 is 11.8 Å². The predicted molar refractivity (Wildman–Crippen MR) is 70.8 cm³/mol. The number of nitrogens with one attached hydrogen (secondary N) is 1. The maximum Gasteiger partial charge on any atom is 0.144 e. The monoisotopic (exact) mass is 252 g/mol. The molecule has 1 aromatic heterocycles. The Balaban J connectivity index is 2.85. The van der Waals surface area contributed by atoms with Crippen LogP contribution in [-0.2, 0) is 0 Å². The van der Waals surface area contributed by atoms with Crippen LogP contribution in [0.3, 0.4) is 0 Å². The number of aliphatic hydroxyl groups is 1. The molecule has 1 rings (SSSR count). The van der Waals surface area contributed by atoms with Crippen LogP contribution in [-0.4, -0.2) is 34.2 Å². The SMILES string of the molecule is CSC(CO)C(C)Nc1ncc(N)cc1C#N. The molecule has 0 aliphatic heterocycles. The molecule has 0 radical (unpaired) electrons. The molecule has 0 spiro atoms. The summed E-state index contributed by atoms with van der Waals surface area (Å²) in [7, 11) is 0. The van der Waals surface area contributed by atoms with Gasteiger partial charge in [-0.2, -0.15) is 17.0 Å². The van der Waals surface area contributed by atoms with Gasteiger partial charge < -0.3 is 16.2 Å². The summed E-state index contributed by atoms with van der Waals surface area (Å²) in [5.41, 5.74) is 6.43. The van der Waals surface area contributed by atoms with E-state index in [2.05, 4.69) is 10.3 Å². The second-order valence-electron chi connectivity index (χ2n) is 3.67. The first-order valence-electron chi connectivity index (χ1n) is 5.18. The summed E-state index contributed by atoms with van der Waals surface area (Å²) >= 11 is 1.57. The molecule has 5 nitrogen and oxygen atoms in total. The highest BCUT2D eigenvalue weighted by molar-refractivity contribution is 7.99. The lowest BCUT2D eigenvalue weighted by Gasteiger charge is -2.22. The van der Waals surface area contributed by atoms with Crippen molar-refractivity contribution < 1.29 is 5.11 Å². The Hall–Kier alpha value is -1.45. The number of nitrogen functional groups attached to an aromatic ring is 1. The Kier molecular flexibility index (Phi) is 5.07. The average molecular weight is 252 g/mol. The minimum absolute atomic E-state index is 0.0122. The zero-order chi connectivity index (χ0) is 12.8. The number of pyridine rings is 1. The number of hydrogen-bond acceptors (Lipinski definition) is 6. The standard InChI is InChI=1S/C11H16N4OS/c1-7(10(6-16)17-2)15-11-8(4-12)3-9(13)5-14-11/h3,5,7,10,16H,6,13H2,1-2H3,(H,14,15). The molecule has 0 aromatic carbocycles. The summed E-state index contributed by atoms with van der Waals surface area (Å²) in [5.74, 6) is 0.502. The van der Waals surface area contributed by atoms with Gasteiger partial charge in [-0.05, 0) is 19.2 Å². The molecule has 2 atom stereocenters. The average Bonchev–Trinajstić information content (AvgIpc) is 2.33. The zero-order valence-electron chi connectivity index (χ0n) is 9.84. The number of rotatable bonds is 5. The van der Waals surface area contributed by atoms with Gasteiger partial charge in [-0.15, -0.1) is 0 Å². The molecule has 0 aliphatic rings. The van der Waals surface area contributed by atoms with Crippen LogP contribution in [0.4, 0.5) is 11.5 Å². The van der Waals surface area contributed by atoms with Gasteiger partial charge in [0.2, 0.25) is 0 Å².